The van der Waals surface area contributed by atoms with Crippen molar-refractivity contribution in [2.24, 2.45) is 4.99 Å². The smallest absolute Gasteiger partial charge is 0.190 e. The summed E-state index contributed by atoms with van der Waals surface area (Å²) in [6, 6.07) is 8.17. The molecule has 0 bridgehead atoms. The summed E-state index contributed by atoms with van der Waals surface area (Å²) in [5, 5.41) is 5.28. The van der Waals surface area contributed by atoms with Crippen LogP contribution in [0.3, 0.4) is 0 Å². The van der Waals surface area contributed by atoms with Crippen LogP contribution in [0.15, 0.2) is 29.3 Å². The summed E-state index contributed by atoms with van der Waals surface area (Å²) in [6.07, 6.45) is 2.79. The van der Waals surface area contributed by atoms with E-state index in [1.807, 2.05) is 36.1 Å². The topological polar surface area (TPSA) is 43.1 Å². The molecule has 0 radical (unpaired) electrons. The van der Waals surface area contributed by atoms with E-state index in [0.717, 1.165) is 28.9 Å². The number of hydrogen-bond donors (Lipinski definition) is 0. The molecule has 0 unspecified atom stereocenters. The van der Waals surface area contributed by atoms with Gasteiger partial charge in [0.1, 0.15) is 11.6 Å². The second-order valence-corrected chi connectivity index (χ2v) is 4.66. The number of aliphatic imine (C=N–C) groups is 1. The fourth-order valence-electron chi connectivity index (χ4n) is 1.95. The molecule has 86 valence electrons. The average Bonchev–Trinajstić information content (AvgIpc) is 2.62. The summed E-state index contributed by atoms with van der Waals surface area (Å²) in [5.41, 5.74) is 2.21. The molecule has 4 nitrogen and oxygen atoms in total. The van der Waals surface area contributed by atoms with Crippen molar-refractivity contribution in [1.82, 2.24) is 14.8 Å². The Hall–Kier alpha value is -1.62. The summed E-state index contributed by atoms with van der Waals surface area (Å²) in [6.45, 7) is 1.91. The zero-order valence-corrected chi connectivity index (χ0v) is 10.5. The molecule has 0 aliphatic carbocycles. The molecular weight excluding hydrogens is 232 g/mol. The van der Waals surface area contributed by atoms with E-state index in [1.165, 1.54) is 5.56 Å². The molecule has 1 aromatic heterocycles. The first-order chi connectivity index (χ1) is 8.28. The Kier molecular flexibility index (Phi) is 2.48. The molecule has 2 heterocycles. The molecule has 0 fully saturated rings. The number of hydrogen-bond acceptors (Lipinski definition) is 4. The third-order valence-electron chi connectivity index (χ3n) is 2.70. The lowest BCUT2D eigenvalue weighted by Gasteiger charge is -2.01. The van der Waals surface area contributed by atoms with Gasteiger partial charge in [0.05, 0.1) is 5.69 Å². The van der Waals surface area contributed by atoms with Crippen molar-refractivity contribution in [1.29, 1.82) is 0 Å². The maximum absolute atomic E-state index is 4.65. The maximum Gasteiger partial charge on any atom is 0.190 e. The average molecular weight is 244 g/mol. The molecule has 0 atom stereocenters. The molecule has 0 spiro atoms. The van der Waals surface area contributed by atoms with E-state index in [9.17, 15) is 0 Å². The van der Waals surface area contributed by atoms with Gasteiger partial charge in [-0.2, -0.15) is 4.68 Å². The summed E-state index contributed by atoms with van der Waals surface area (Å²) >= 11 is 1.59. The maximum atomic E-state index is 4.65. The number of rotatable bonds is 0. The van der Waals surface area contributed by atoms with Gasteiger partial charge in [0.2, 0.25) is 0 Å². The van der Waals surface area contributed by atoms with Crippen LogP contribution in [0.1, 0.15) is 17.2 Å². The van der Waals surface area contributed by atoms with Crippen molar-refractivity contribution < 1.29 is 0 Å². The first-order valence-corrected chi connectivity index (χ1v) is 6.64. The zero-order chi connectivity index (χ0) is 11.8. The molecule has 0 saturated carbocycles. The Labute approximate surface area is 104 Å². The highest BCUT2D eigenvalue weighted by Crippen LogP contribution is 2.26. The second-order valence-electron chi connectivity index (χ2n) is 3.89. The summed E-state index contributed by atoms with van der Waals surface area (Å²) in [5.74, 6) is 1.75. The van der Waals surface area contributed by atoms with Crippen LogP contribution in [-0.2, 0) is 6.42 Å². The number of aryl methyl sites for hydroxylation is 1. The fraction of sp³-hybridized carbons (Fsp3) is 0.250. The zero-order valence-electron chi connectivity index (χ0n) is 9.71. The van der Waals surface area contributed by atoms with Crippen molar-refractivity contribution in [2.75, 3.05) is 6.26 Å². The van der Waals surface area contributed by atoms with Crippen LogP contribution in [0, 0.1) is 6.92 Å². The number of para-hydroxylation sites is 1. The molecule has 0 amide bonds. The molecule has 3 rings (SSSR count). The lowest BCUT2D eigenvalue weighted by molar-refractivity contribution is 0.871. The first-order valence-electron chi connectivity index (χ1n) is 5.41. The predicted octanol–water partition coefficient (Wildman–Crippen LogP) is 2.39. The van der Waals surface area contributed by atoms with Gasteiger partial charge in [-0.15, -0.1) is 5.10 Å². The third-order valence-corrected chi connectivity index (χ3v) is 3.33. The van der Waals surface area contributed by atoms with Crippen LogP contribution in [0.5, 0.6) is 0 Å². The first kappa shape index (κ1) is 10.5. The molecule has 1 aliphatic heterocycles. The van der Waals surface area contributed by atoms with Gasteiger partial charge in [-0.05, 0) is 24.8 Å². The number of thioether (sulfide) groups is 1. The lowest BCUT2D eigenvalue weighted by atomic mass is 10.1. The molecule has 0 N–H and O–H groups in total. The Morgan fingerprint density at radius 2 is 2.12 bits per heavy atom. The predicted molar refractivity (Wildman–Crippen MR) is 70.0 cm³/mol. The number of nitrogens with zero attached hydrogens (tertiary/aromatic N) is 4. The summed E-state index contributed by atoms with van der Waals surface area (Å²) < 4.78 is 1.85. The van der Waals surface area contributed by atoms with Crippen molar-refractivity contribution >= 4 is 22.6 Å². The lowest BCUT2D eigenvalue weighted by Crippen LogP contribution is -2.11. The van der Waals surface area contributed by atoms with Crippen LogP contribution in [0.2, 0.25) is 0 Å². The highest BCUT2D eigenvalue weighted by atomic mass is 32.2. The fourth-order valence-corrected chi connectivity index (χ4v) is 2.46. The van der Waals surface area contributed by atoms with Crippen LogP contribution in [0.4, 0.5) is 5.69 Å². The van der Waals surface area contributed by atoms with Crippen LogP contribution in [-0.4, -0.2) is 26.2 Å². The van der Waals surface area contributed by atoms with Gasteiger partial charge in [0.15, 0.2) is 5.17 Å². The minimum atomic E-state index is 0.782. The molecule has 5 heteroatoms. The van der Waals surface area contributed by atoms with E-state index in [2.05, 4.69) is 21.1 Å². The number of aromatic nitrogens is 3. The quantitative estimate of drug-likeness (QED) is 0.714. The highest BCUT2D eigenvalue weighted by molar-refractivity contribution is 8.13. The van der Waals surface area contributed by atoms with Gasteiger partial charge >= 0.3 is 0 Å². The van der Waals surface area contributed by atoms with E-state index in [0.29, 0.717) is 0 Å². The summed E-state index contributed by atoms with van der Waals surface area (Å²) in [7, 11) is 0. The highest BCUT2D eigenvalue weighted by Gasteiger charge is 2.18. The van der Waals surface area contributed by atoms with E-state index in [1.54, 1.807) is 11.8 Å². The monoisotopic (exact) mass is 244 g/mol. The van der Waals surface area contributed by atoms with E-state index in [4.69, 9.17) is 0 Å². The number of benzene rings is 1. The van der Waals surface area contributed by atoms with E-state index >= 15 is 0 Å². The SMILES string of the molecule is CSC1=Nc2ccccc2Cc2nc(C)nn21. The minimum Gasteiger partial charge on any atom is -0.223 e. The van der Waals surface area contributed by atoms with Gasteiger partial charge < -0.3 is 0 Å². The van der Waals surface area contributed by atoms with Crippen LogP contribution >= 0.6 is 11.8 Å². The van der Waals surface area contributed by atoms with E-state index in [-0.39, 0.29) is 0 Å². The minimum absolute atomic E-state index is 0.782. The standard InChI is InChI=1S/C12H12N4S/c1-8-13-11-7-9-5-3-4-6-10(9)14-12(17-2)16(11)15-8/h3-6H,7H2,1-2H3. The van der Waals surface area contributed by atoms with Crippen molar-refractivity contribution in [3.8, 4) is 0 Å². The molecule has 17 heavy (non-hydrogen) atoms. The van der Waals surface area contributed by atoms with Gasteiger partial charge in [0.25, 0.3) is 0 Å². The van der Waals surface area contributed by atoms with E-state index < -0.39 is 0 Å². The van der Waals surface area contributed by atoms with Crippen molar-refractivity contribution in [2.45, 2.75) is 13.3 Å². The molecule has 1 aliphatic rings. The molecule has 0 saturated heterocycles. The van der Waals surface area contributed by atoms with Gasteiger partial charge in [-0.3, -0.25) is 0 Å². The van der Waals surface area contributed by atoms with Gasteiger partial charge in [0, 0.05) is 6.42 Å². The largest absolute Gasteiger partial charge is 0.223 e. The van der Waals surface area contributed by atoms with Gasteiger partial charge in [-0.25, -0.2) is 9.98 Å². The van der Waals surface area contributed by atoms with Crippen LogP contribution in [0.25, 0.3) is 0 Å². The van der Waals surface area contributed by atoms with Crippen molar-refractivity contribution in [3.05, 3.63) is 41.5 Å². The molecular formula is C12H12N4S. The second kappa shape index (κ2) is 4.00. The van der Waals surface area contributed by atoms with Gasteiger partial charge in [-0.1, -0.05) is 30.0 Å². The Balaban J connectivity index is 2.23. The normalized spacial score (nSPS) is 13.6. The van der Waals surface area contributed by atoms with Crippen molar-refractivity contribution in [3.63, 3.8) is 0 Å². The Bertz CT molecular complexity index is 600. The summed E-state index contributed by atoms with van der Waals surface area (Å²) in [4.78, 5) is 9.12. The number of fused-ring (bicyclic) bond motifs is 2. The molecule has 2 aromatic rings. The molecule has 1 aromatic carbocycles. The van der Waals surface area contributed by atoms with Crippen LogP contribution < -0.4 is 0 Å². The third kappa shape index (κ3) is 1.76. The Morgan fingerprint density at radius 1 is 1.29 bits per heavy atom. The Morgan fingerprint density at radius 3 is 2.94 bits per heavy atom.